The Balaban J connectivity index is 1.93. The van der Waals surface area contributed by atoms with Gasteiger partial charge < -0.3 is 21.3 Å². The predicted molar refractivity (Wildman–Crippen MR) is 120 cm³/mol. The third-order valence-corrected chi connectivity index (χ3v) is 4.40. The number of hydrogen-bond donors (Lipinski definition) is 4. The Hall–Kier alpha value is -3.35. The van der Waals surface area contributed by atoms with Crippen LogP contribution in [0.2, 0.25) is 0 Å². The minimum absolute atomic E-state index is 0.0263. The van der Waals surface area contributed by atoms with Gasteiger partial charge >= 0.3 is 0 Å². The van der Waals surface area contributed by atoms with Crippen LogP contribution in [-0.2, 0) is 4.79 Å². The average Bonchev–Trinajstić information content (AvgIpc) is 2.72. The third-order valence-electron chi connectivity index (χ3n) is 4.40. The summed E-state index contributed by atoms with van der Waals surface area (Å²) in [5, 5.41) is 11.5. The Labute approximate surface area is 177 Å². The summed E-state index contributed by atoms with van der Waals surface area (Å²) in [7, 11) is 0. The molecule has 1 unspecified atom stereocenters. The summed E-state index contributed by atoms with van der Waals surface area (Å²) in [6, 6.07) is 13.9. The van der Waals surface area contributed by atoms with E-state index in [4.69, 9.17) is 0 Å². The fraction of sp³-hybridized carbons (Fsp3) is 0.348. The molecule has 0 radical (unpaired) electrons. The normalized spacial score (nSPS) is 11.5. The maximum absolute atomic E-state index is 12.3. The van der Waals surface area contributed by atoms with Gasteiger partial charge in [-0.05, 0) is 63.6 Å². The van der Waals surface area contributed by atoms with Crippen LogP contribution in [-0.4, -0.2) is 36.3 Å². The van der Waals surface area contributed by atoms with Gasteiger partial charge in [-0.2, -0.15) is 0 Å². The Morgan fingerprint density at radius 2 is 1.40 bits per heavy atom. The molecule has 1 atom stereocenters. The smallest absolute Gasteiger partial charge is 0.251 e. The molecule has 30 heavy (non-hydrogen) atoms. The third kappa shape index (κ3) is 7.24. The predicted octanol–water partition coefficient (Wildman–Crippen LogP) is 3.40. The molecule has 0 aromatic heterocycles. The lowest BCUT2D eigenvalue weighted by Gasteiger charge is -2.13. The number of nitrogens with one attached hydrogen (secondary N) is 4. The van der Waals surface area contributed by atoms with Crippen molar-refractivity contribution < 1.29 is 14.4 Å². The highest BCUT2D eigenvalue weighted by Crippen LogP contribution is 2.13. The Morgan fingerprint density at radius 1 is 0.833 bits per heavy atom. The summed E-state index contributed by atoms with van der Waals surface area (Å²) >= 11 is 0. The topological polar surface area (TPSA) is 99.3 Å². The van der Waals surface area contributed by atoms with E-state index in [0.29, 0.717) is 22.5 Å². The van der Waals surface area contributed by atoms with Crippen molar-refractivity contribution in [2.75, 3.05) is 17.2 Å². The van der Waals surface area contributed by atoms with Gasteiger partial charge in [-0.15, -0.1) is 0 Å². The molecule has 0 heterocycles. The van der Waals surface area contributed by atoms with Crippen molar-refractivity contribution >= 4 is 29.1 Å². The molecule has 2 rings (SSSR count). The number of hydrogen-bond acceptors (Lipinski definition) is 4. The summed E-state index contributed by atoms with van der Waals surface area (Å²) in [6.45, 7) is 7.76. The molecule has 0 aliphatic rings. The van der Waals surface area contributed by atoms with Gasteiger partial charge in [0.05, 0.1) is 6.54 Å². The van der Waals surface area contributed by atoms with Crippen LogP contribution in [0.4, 0.5) is 11.4 Å². The number of carbonyl (C=O) groups excluding carboxylic acids is 3. The Kier molecular flexibility index (Phi) is 8.41. The van der Waals surface area contributed by atoms with Gasteiger partial charge in [-0.3, -0.25) is 14.4 Å². The summed E-state index contributed by atoms with van der Waals surface area (Å²) in [6.07, 6.45) is 0.841. The summed E-state index contributed by atoms with van der Waals surface area (Å²) in [4.78, 5) is 36.7. The van der Waals surface area contributed by atoms with Crippen molar-refractivity contribution in [2.45, 2.75) is 46.2 Å². The van der Waals surface area contributed by atoms with Crippen LogP contribution < -0.4 is 21.3 Å². The molecular formula is C23H30N4O3. The highest BCUT2D eigenvalue weighted by Gasteiger charge is 2.11. The van der Waals surface area contributed by atoms with Crippen LogP contribution >= 0.6 is 0 Å². The van der Waals surface area contributed by atoms with Crippen LogP contribution in [0, 0.1) is 0 Å². The second-order valence-corrected chi connectivity index (χ2v) is 7.47. The second-order valence-electron chi connectivity index (χ2n) is 7.47. The standard InChI is InChI=1S/C23H30N4O3/c1-5-16(4)26-23(30)18-9-7-11-20(13-18)27-21(28)14-24-19-10-6-8-17(12-19)22(29)25-15(2)3/h6-13,15-16,24H,5,14H2,1-4H3,(H,25,29)(H,26,30)(H,27,28). The van der Waals surface area contributed by atoms with Gasteiger partial charge in [0, 0.05) is 34.6 Å². The largest absolute Gasteiger partial charge is 0.376 e. The molecule has 0 spiro atoms. The van der Waals surface area contributed by atoms with Crippen LogP contribution in [0.25, 0.3) is 0 Å². The first-order valence-corrected chi connectivity index (χ1v) is 10.1. The highest BCUT2D eigenvalue weighted by atomic mass is 16.2. The number of benzene rings is 2. The first-order valence-electron chi connectivity index (χ1n) is 10.1. The molecule has 2 aromatic carbocycles. The van der Waals surface area contributed by atoms with Gasteiger partial charge in [-0.1, -0.05) is 19.1 Å². The minimum atomic E-state index is -0.258. The van der Waals surface area contributed by atoms with Crippen molar-refractivity contribution in [3.05, 3.63) is 59.7 Å². The lowest BCUT2D eigenvalue weighted by Crippen LogP contribution is -2.32. The lowest BCUT2D eigenvalue weighted by atomic mass is 10.1. The summed E-state index contributed by atoms with van der Waals surface area (Å²) in [5.41, 5.74) is 2.23. The van der Waals surface area contributed by atoms with E-state index in [-0.39, 0.29) is 36.3 Å². The molecule has 4 N–H and O–H groups in total. The number of carbonyl (C=O) groups is 3. The molecule has 0 saturated carbocycles. The van der Waals surface area contributed by atoms with E-state index in [1.807, 2.05) is 27.7 Å². The van der Waals surface area contributed by atoms with Gasteiger partial charge in [0.15, 0.2) is 0 Å². The molecule has 7 heteroatoms. The molecular weight excluding hydrogens is 380 g/mol. The SMILES string of the molecule is CCC(C)NC(=O)c1cccc(NC(=O)CNc2cccc(C(=O)NC(C)C)c2)c1. The molecule has 7 nitrogen and oxygen atoms in total. The van der Waals surface area contributed by atoms with Gasteiger partial charge in [0.2, 0.25) is 5.91 Å². The molecule has 0 aliphatic heterocycles. The zero-order valence-corrected chi connectivity index (χ0v) is 17.9. The number of anilines is 2. The van der Waals surface area contributed by atoms with Crippen molar-refractivity contribution in [2.24, 2.45) is 0 Å². The van der Waals surface area contributed by atoms with Crippen molar-refractivity contribution in [1.29, 1.82) is 0 Å². The van der Waals surface area contributed by atoms with Crippen LogP contribution in [0.1, 0.15) is 54.8 Å². The quantitative estimate of drug-likeness (QED) is 0.509. The fourth-order valence-electron chi connectivity index (χ4n) is 2.65. The Bertz CT molecular complexity index is 896. The maximum Gasteiger partial charge on any atom is 0.251 e. The van der Waals surface area contributed by atoms with E-state index >= 15 is 0 Å². The average molecular weight is 411 g/mol. The van der Waals surface area contributed by atoms with Crippen LogP contribution in [0.15, 0.2) is 48.5 Å². The van der Waals surface area contributed by atoms with Crippen molar-refractivity contribution in [1.82, 2.24) is 10.6 Å². The monoisotopic (exact) mass is 410 g/mol. The maximum atomic E-state index is 12.3. The molecule has 0 bridgehead atoms. The van der Waals surface area contributed by atoms with E-state index in [2.05, 4.69) is 21.3 Å². The van der Waals surface area contributed by atoms with Crippen LogP contribution in [0.3, 0.4) is 0 Å². The van der Waals surface area contributed by atoms with E-state index < -0.39 is 0 Å². The highest BCUT2D eigenvalue weighted by molar-refractivity contribution is 5.98. The molecule has 0 aliphatic carbocycles. The molecule has 0 fully saturated rings. The zero-order valence-electron chi connectivity index (χ0n) is 17.9. The number of rotatable bonds is 9. The fourth-order valence-corrected chi connectivity index (χ4v) is 2.65. The minimum Gasteiger partial charge on any atom is -0.376 e. The van der Waals surface area contributed by atoms with E-state index in [9.17, 15) is 14.4 Å². The van der Waals surface area contributed by atoms with Gasteiger partial charge in [0.1, 0.15) is 0 Å². The lowest BCUT2D eigenvalue weighted by molar-refractivity contribution is -0.114. The summed E-state index contributed by atoms with van der Waals surface area (Å²) < 4.78 is 0. The van der Waals surface area contributed by atoms with Gasteiger partial charge in [-0.25, -0.2) is 0 Å². The Morgan fingerprint density at radius 3 is 2.00 bits per heavy atom. The first kappa shape index (κ1) is 22.9. The first-order chi connectivity index (χ1) is 14.3. The molecule has 0 saturated heterocycles. The molecule has 2 aromatic rings. The van der Waals surface area contributed by atoms with E-state index in [1.54, 1.807) is 48.5 Å². The van der Waals surface area contributed by atoms with E-state index in [1.165, 1.54) is 0 Å². The van der Waals surface area contributed by atoms with Crippen LogP contribution in [0.5, 0.6) is 0 Å². The number of amides is 3. The molecule has 160 valence electrons. The van der Waals surface area contributed by atoms with Crippen molar-refractivity contribution in [3.63, 3.8) is 0 Å². The zero-order chi connectivity index (χ0) is 22.1. The van der Waals surface area contributed by atoms with E-state index in [0.717, 1.165) is 6.42 Å². The summed E-state index contributed by atoms with van der Waals surface area (Å²) in [5.74, 6) is -0.591. The van der Waals surface area contributed by atoms with Gasteiger partial charge in [0.25, 0.3) is 11.8 Å². The van der Waals surface area contributed by atoms with Crippen molar-refractivity contribution in [3.8, 4) is 0 Å². The second kappa shape index (κ2) is 11.0. The molecule has 3 amide bonds.